The van der Waals surface area contributed by atoms with E-state index in [2.05, 4.69) is 0 Å². The molecule has 5 nitrogen and oxygen atoms in total. The van der Waals surface area contributed by atoms with E-state index in [9.17, 15) is 14.7 Å². The summed E-state index contributed by atoms with van der Waals surface area (Å²) in [6.07, 6.45) is -0.244. The normalized spacial score (nSPS) is 14.0. The van der Waals surface area contributed by atoms with Gasteiger partial charge in [0.15, 0.2) is 11.6 Å². The molecule has 2 aromatic rings. The van der Waals surface area contributed by atoms with E-state index in [0.717, 1.165) is 0 Å². The maximum atomic E-state index is 13.0. The van der Waals surface area contributed by atoms with Gasteiger partial charge in [0.1, 0.15) is 11.5 Å². The standard InChI is InChI=1S/C20H20O5/c1-10(21)7-12-8-14-15(9-17(12)25-4)20(23)18-11(2)16(24-3)6-5-13(18)19(14)22/h5-6,8-10,21H,7H2,1-4H3. The first-order valence-electron chi connectivity index (χ1n) is 8.05. The molecule has 0 heterocycles. The minimum absolute atomic E-state index is 0.204. The van der Waals surface area contributed by atoms with E-state index in [4.69, 9.17) is 9.47 Å². The van der Waals surface area contributed by atoms with Gasteiger partial charge in [-0.1, -0.05) is 0 Å². The van der Waals surface area contributed by atoms with Gasteiger partial charge in [-0.3, -0.25) is 9.59 Å². The highest BCUT2D eigenvalue weighted by molar-refractivity contribution is 6.29. The summed E-state index contributed by atoms with van der Waals surface area (Å²) < 4.78 is 10.6. The minimum atomic E-state index is -0.583. The molecular formula is C20H20O5. The zero-order chi connectivity index (χ0) is 18.3. The van der Waals surface area contributed by atoms with Gasteiger partial charge in [0, 0.05) is 34.2 Å². The Labute approximate surface area is 146 Å². The monoisotopic (exact) mass is 340 g/mol. The molecular weight excluding hydrogens is 320 g/mol. The smallest absolute Gasteiger partial charge is 0.195 e. The van der Waals surface area contributed by atoms with Crippen molar-refractivity contribution in [1.29, 1.82) is 0 Å². The van der Waals surface area contributed by atoms with E-state index in [-0.39, 0.29) is 11.6 Å². The predicted octanol–water partition coefficient (Wildman–Crippen LogP) is 2.71. The minimum Gasteiger partial charge on any atom is -0.496 e. The van der Waals surface area contributed by atoms with Crippen molar-refractivity contribution in [2.24, 2.45) is 0 Å². The Morgan fingerprint density at radius 1 is 0.960 bits per heavy atom. The molecule has 0 fully saturated rings. The third-order valence-electron chi connectivity index (χ3n) is 4.53. The highest BCUT2D eigenvalue weighted by Gasteiger charge is 2.33. The number of hydrogen-bond acceptors (Lipinski definition) is 5. The van der Waals surface area contributed by atoms with Crippen LogP contribution in [0.3, 0.4) is 0 Å². The van der Waals surface area contributed by atoms with Crippen LogP contribution in [0.1, 0.15) is 49.9 Å². The van der Waals surface area contributed by atoms with Gasteiger partial charge in [0.2, 0.25) is 0 Å². The van der Waals surface area contributed by atoms with Gasteiger partial charge < -0.3 is 14.6 Å². The van der Waals surface area contributed by atoms with Crippen molar-refractivity contribution in [3.8, 4) is 11.5 Å². The Morgan fingerprint density at radius 3 is 2.20 bits per heavy atom. The summed E-state index contributed by atoms with van der Waals surface area (Å²) >= 11 is 0. The van der Waals surface area contributed by atoms with Crippen LogP contribution in [-0.2, 0) is 6.42 Å². The summed E-state index contributed by atoms with van der Waals surface area (Å²) in [5.41, 5.74) is 2.77. The SMILES string of the molecule is COc1cc2c(cc1CC(C)O)C(=O)c1ccc(OC)c(C)c1C2=O. The number of rotatable bonds is 4. The highest BCUT2D eigenvalue weighted by Crippen LogP contribution is 2.36. The molecule has 25 heavy (non-hydrogen) atoms. The molecule has 1 aliphatic carbocycles. The van der Waals surface area contributed by atoms with Crippen molar-refractivity contribution >= 4 is 11.6 Å². The lowest BCUT2D eigenvalue weighted by Gasteiger charge is -2.22. The lowest BCUT2D eigenvalue weighted by Crippen LogP contribution is -2.23. The molecule has 2 aromatic carbocycles. The molecule has 0 aliphatic heterocycles. The Kier molecular flexibility index (Phi) is 4.35. The molecule has 1 atom stereocenters. The largest absolute Gasteiger partial charge is 0.496 e. The van der Waals surface area contributed by atoms with Crippen LogP contribution >= 0.6 is 0 Å². The van der Waals surface area contributed by atoms with E-state index in [1.807, 2.05) is 0 Å². The second kappa shape index (κ2) is 6.33. The van der Waals surface area contributed by atoms with Gasteiger partial charge >= 0.3 is 0 Å². The zero-order valence-corrected chi connectivity index (χ0v) is 14.7. The molecule has 1 unspecified atom stereocenters. The summed E-state index contributed by atoms with van der Waals surface area (Å²) in [7, 11) is 3.04. The molecule has 1 N–H and O–H groups in total. The van der Waals surface area contributed by atoms with Gasteiger partial charge in [-0.25, -0.2) is 0 Å². The second-order valence-corrected chi connectivity index (χ2v) is 6.24. The molecule has 1 aliphatic rings. The molecule has 0 amide bonds. The van der Waals surface area contributed by atoms with Gasteiger partial charge in [0.25, 0.3) is 0 Å². The van der Waals surface area contributed by atoms with Crippen molar-refractivity contribution in [3.63, 3.8) is 0 Å². The molecule has 5 heteroatoms. The lowest BCUT2D eigenvalue weighted by molar-refractivity contribution is 0.0977. The Bertz CT molecular complexity index is 880. The van der Waals surface area contributed by atoms with E-state index in [1.54, 1.807) is 38.1 Å². The predicted molar refractivity (Wildman–Crippen MR) is 93.0 cm³/mol. The van der Waals surface area contributed by atoms with Crippen LogP contribution in [0, 0.1) is 6.92 Å². The average Bonchev–Trinajstić information content (AvgIpc) is 2.58. The first-order valence-corrected chi connectivity index (χ1v) is 8.05. The first-order chi connectivity index (χ1) is 11.9. The van der Waals surface area contributed by atoms with Crippen molar-refractivity contribution in [2.45, 2.75) is 26.4 Å². The fourth-order valence-corrected chi connectivity index (χ4v) is 3.34. The number of methoxy groups -OCH3 is 2. The topological polar surface area (TPSA) is 72.8 Å². The van der Waals surface area contributed by atoms with Crippen LogP contribution in [0.2, 0.25) is 0 Å². The van der Waals surface area contributed by atoms with Crippen LogP contribution in [0.25, 0.3) is 0 Å². The van der Waals surface area contributed by atoms with E-state index in [0.29, 0.717) is 51.3 Å². The van der Waals surface area contributed by atoms with Gasteiger partial charge in [-0.05, 0) is 43.7 Å². The van der Waals surface area contributed by atoms with Crippen LogP contribution < -0.4 is 9.47 Å². The van der Waals surface area contributed by atoms with E-state index < -0.39 is 6.10 Å². The van der Waals surface area contributed by atoms with Crippen LogP contribution in [-0.4, -0.2) is 37.0 Å². The molecule has 0 saturated heterocycles. The molecule has 0 saturated carbocycles. The summed E-state index contributed by atoms with van der Waals surface area (Å²) in [4.78, 5) is 26.0. The second-order valence-electron chi connectivity index (χ2n) is 6.24. The highest BCUT2D eigenvalue weighted by atomic mass is 16.5. The maximum absolute atomic E-state index is 13.0. The Balaban J connectivity index is 2.23. The quantitative estimate of drug-likeness (QED) is 0.790. The van der Waals surface area contributed by atoms with Crippen LogP contribution in [0.4, 0.5) is 0 Å². The van der Waals surface area contributed by atoms with Crippen molar-refractivity contribution in [1.82, 2.24) is 0 Å². The maximum Gasteiger partial charge on any atom is 0.195 e. The fourth-order valence-electron chi connectivity index (χ4n) is 3.34. The third-order valence-corrected chi connectivity index (χ3v) is 4.53. The third kappa shape index (κ3) is 2.70. The first kappa shape index (κ1) is 17.2. The molecule has 0 radical (unpaired) electrons. The van der Waals surface area contributed by atoms with Gasteiger partial charge in [-0.2, -0.15) is 0 Å². The molecule has 3 rings (SSSR count). The van der Waals surface area contributed by atoms with E-state index in [1.165, 1.54) is 14.2 Å². The average molecular weight is 340 g/mol. The van der Waals surface area contributed by atoms with Crippen LogP contribution in [0.5, 0.6) is 11.5 Å². The molecule has 0 aromatic heterocycles. The van der Waals surface area contributed by atoms with E-state index >= 15 is 0 Å². The fraction of sp³-hybridized carbons (Fsp3) is 0.300. The number of hydrogen-bond donors (Lipinski definition) is 1. The Hall–Kier alpha value is -2.66. The van der Waals surface area contributed by atoms with Crippen molar-refractivity contribution in [2.75, 3.05) is 14.2 Å². The number of aliphatic hydroxyl groups excluding tert-OH is 1. The number of carbonyl (C=O) groups excluding carboxylic acids is 2. The summed E-state index contributed by atoms with van der Waals surface area (Å²) in [6.45, 7) is 3.43. The number of benzene rings is 2. The molecule has 0 bridgehead atoms. The summed E-state index contributed by atoms with van der Waals surface area (Å²) in [5, 5.41) is 9.68. The Morgan fingerprint density at radius 2 is 1.60 bits per heavy atom. The van der Waals surface area contributed by atoms with Gasteiger partial charge in [-0.15, -0.1) is 0 Å². The lowest BCUT2D eigenvalue weighted by atomic mass is 9.80. The number of ether oxygens (including phenoxy) is 2. The number of fused-ring (bicyclic) bond motifs is 2. The number of aliphatic hydroxyl groups is 1. The molecule has 0 spiro atoms. The summed E-state index contributed by atoms with van der Waals surface area (Å²) in [5.74, 6) is 0.638. The zero-order valence-electron chi connectivity index (χ0n) is 14.7. The van der Waals surface area contributed by atoms with Crippen molar-refractivity contribution < 1.29 is 24.2 Å². The molecule has 130 valence electrons. The summed E-state index contributed by atoms with van der Waals surface area (Å²) in [6, 6.07) is 6.58. The van der Waals surface area contributed by atoms with Gasteiger partial charge in [0.05, 0.1) is 20.3 Å². The number of ketones is 2. The van der Waals surface area contributed by atoms with Crippen LogP contribution in [0.15, 0.2) is 24.3 Å². The number of carbonyl (C=O) groups is 2. The van der Waals surface area contributed by atoms with Crippen molar-refractivity contribution in [3.05, 3.63) is 57.6 Å².